The molecule has 1 aromatic carbocycles. The first-order valence-corrected chi connectivity index (χ1v) is 9.19. The minimum atomic E-state index is -1.55. The first kappa shape index (κ1) is 18.7. The van der Waals surface area contributed by atoms with E-state index in [0.29, 0.717) is 31.8 Å². The summed E-state index contributed by atoms with van der Waals surface area (Å²) in [5, 5.41) is 2.80. The molecule has 2 aromatic rings. The predicted molar refractivity (Wildman–Crippen MR) is 98.3 cm³/mol. The lowest BCUT2D eigenvalue weighted by Crippen LogP contribution is -2.45. The predicted octanol–water partition coefficient (Wildman–Crippen LogP) is 2.08. The molecule has 1 fully saturated rings. The van der Waals surface area contributed by atoms with Gasteiger partial charge >= 0.3 is 5.69 Å². The summed E-state index contributed by atoms with van der Waals surface area (Å²) in [6, 6.07) is 2.73. The van der Waals surface area contributed by atoms with Gasteiger partial charge in [-0.25, -0.2) is 13.6 Å². The molecule has 0 unspecified atom stereocenters. The monoisotopic (exact) mass is 393 g/mol. The number of rotatable bonds is 3. The summed E-state index contributed by atoms with van der Waals surface area (Å²) in [7, 11) is 1.43. The van der Waals surface area contributed by atoms with Gasteiger partial charge in [0, 0.05) is 31.2 Å². The Morgan fingerprint density at radius 1 is 1.25 bits per heavy atom. The molecule has 9 heteroatoms. The van der Waals surface area contributed by atoms with Gasteiger partial charge in [0.2, 0.25) is 0 Å². The van der Waals surface area contributed by atoms with Crippen LogP contribution in [0.4, 0.5) is 14.6 Å². The molecule has 0 aliphatic carbocycles. The summed E-state index contributed by atoms with van der Waals surface area (Å²) in [5.41, 5.74) is -0.833. The Balaban J connectivity index is 1.73. The number of halogens is 2. The van der Waals surface area contributed by atoms with E-state index in [1.165, 1.54) is 25.3 Å². The van der Waals surface area contributed by atoms with Crippen LogP contribution in [0, 0.1) is 5.82 Å². The van der Waals surface area contributed by atoms with E-state index in [0.717, 1.165) is 4.57 Å². The van der Waals surface area contributed by atoms with Crippen LogP contribution in [0.3, 0.4) is 0 Å². The highest BCUT2D eigenvalue weighted by molar-refractivity contribution is 5.50. The normalized spacial score (nSPS) is 22.4. The molecular formula is C19H21F2N3O4. The molecule has 2 aliphatic rings. The van der Waals surface area contributed by atoms with E-state index in [1.807, 2.05) is 0 Å². The van der Waals surface area contributed by atoms with E-state index in [2.05, 4.69) is 10.3 Å². The van der Waals surface area contributed by atoms with Gasteiger partial charge in [0.05, 0.1) is 18.7 Å². The quantitative estimate of drug-likeness (QED) is 0.834. The molecule has 0 spiro atoms. The van der Waals surface area contributed by atoms with E-state index in [9.17, 15) is 18.4 Å². The fourth-order valence-corrected chi connectivity index (χ4v) is 3.89. The SMILES string of the molecule is COc1ccc(F)c([C@@H]2Nc3[nH]c(=O)n(C4CCOCC4)c(=O)c3C[C@@H]2F)c1. The van der Waals surface area contributed by atoms with Gasteiger partial charge < -0.3 is 14.8 Å². The van der Waals surface area contributed by atoms with Crippen molar-refractivity contribution in [3.05, 3.63) is 56.0 Å². The molecule has 3 heterocycles. The first-order chi connectivity index (χ1) is 13.5. The van der Waals surface area contributed by atoms with Crippen molar-refractivity contribution >= 4 is 5.82 Å². The van der Waals surface area contributed by atoms with Crippen molar-refractivity contribution in [1.29, 1.82) is 0 Å². The Labute approximate surface area is 159 Å². The molecule has 0 amide bonds. The van der Waals surface area contributed by atoms with Gasteiger partial charge in [-0.2, -0.15) is 0 Å². The van der Waals surface area contributed by atoms with Crippen molar-refractivity contribution in [2.24, 2.45) is 0 Å². The number of fused-ring (bicyclic) bond motifs is 1. The highest BCUT2D eigenvalue weighted by atomic mass is 19.1. The Morgan fingerprint density at radius 2 is 2.00 bits per heavy atom. The summed E-state index contributed by atoms with van der Waals surface area (Å²) >= 11 is 0. The molecule has 2 atom stereocenters. The van der Waals surface area contributed by atoms with Gasteiger partial charge in [0.25, 0.3) is 5.56 Å². The van der Waals surface area contributed by atoms with Crippen molar-refractivity contribution in [1.82, 2.24) is 9.55 Å². The number of hydrogen-bond acceptors (Lipinski definition) is 5. The number of H-pyrrole nitrogens is 1. The molecule has 28 heavy (non-hydrogen) atoms. The van der Waals surface area contributed by atoms with E-state index in [4.69, 9.17) is 9.47 Å². The van der Waals surface area contributed by atoms with E-state index in [-0.39, 0.29) is 29.4 Å². The molecule has 0 saturated carbocycles. The highest BCUT2D eigenvalue weighted by Crippen LogP contribution is 2.34. The topological polar surface area (TPSA) is 85.3 Å². The Kier molecular flexibility index (Phi) is 4.92. The van der Waals surface area contributed by atoms with Crippen LogP contribution in [0.25, 0.3) is 0 Å². The fourth-order valence-electron chi connectivity index (χ4n) is 3.89. The minimum absolute atomic E-state index is 0.0759. The summed E-state index contributed by atoms with van der Waals surface area (Å²) in [5.74, 6) is -0.0682. The number of anilines is 1. The van der Waals surface area contributed by atoms with Crippen LogP contribution < -0.4 is 21.3 Å². The smallest absolute Gasteiger partial charge is 0.330 e. The fraction of sp³-hybridized carbons (Fsp3) is 0.474. The molecular weight excluding hydrogens is 372 g/mol. The maximum Gasteiger partial charge on any atom is 0.330 e. The molecule has 2 aliphatic heterocycles. The summed E-state index contributed by atoms with van der Waals surface area (Å²) in [6.45, 7) is 0.934. The molecule has 2 N–H and O–H groups in total. The molecule has 1 aromatic heterocycles. The lowest BCUT2D eigenvalue weighted by atomic mass is 9.93. The number of nitrogens with zero attached hydrogens (tertiary/aromatic N) is 1. The highest BCUT2D eigenvalue weighted by Gasteiger charge is 2.35. The number of aromatic nitrogens is 2. The minimum Gasteiger partial charge on any atom is -0.497 e. The zero-order valence-electron chi connectivity index (χ0n) is 15.3. The summed E-state index contributed by atoms with van der Waals surface area (Å²) in [6.07, 6.45) is -0.670. The number of benzene rings is 1. The van der Waals surface area contributed by atoms with Gasteiger partial charge in [-0.3, -0.25) is 14.3 Å². The van der Waals surface area contributed by atoms with Crippen molar-refractivity contribution < 1.29 is 18.3 Å². The van der Waals surface area contributed by atoms with Gasteiger partial charge in [-0.05, 0) is 31.0 Å². The van der Waals surface area contributed by atoms with Crippen molar-refractivity contribution in [3.8, 4) is 5.75 Å². The lowest BCUT2D eigenvalue weighted by molar-refractivity contribution is 0.0673. The van der Waals surface area contributed by atoms with Crippen LogP contribution in [0.2, 0.25) is 0 Å². The van der Waals surface area contributed by atoms with Gasteiger partial charge in [0.1, 0.15) is 23.6 Å². The van der Waals surface area contributed by atoms with Crippen LogP contribution in [-0.2, 0) is 11.2 Å². The number of aromatic amines is 1. The Hall–Kier alpha value is -2.68. The molecule has 0 radical (unpaired) electrons. The molecule has 7 nitrogen and oxygen atoms in total. The van der Waals surface area contributed by atoms with E-state index >= 15 is 0 Å². The van der Waals surface area contributed by atoms with Gasteiger partial charge in [-0.1, -0.05) is 0 Å². The van der Waals surface area contributed by atoms with E-state index < -0.39 is 29.3 Å². The largest absolute Gasteiger partial charge is 0.497 e. The average molecular weight is 393 g/mol. The number of alkyl halides is 1. The number of methoxy groups -OCH3 is 1. The standard InChI is InChI=1S/C19H21F2N3O4/c1-27-11-2-3-14(20)12(8-11)16-15(21)9-13-17(22-16)23-19(26)24(18(13)25)10-4-6-28-7-5-10/h2-3,8,10,15-16,22H,4-7,9H2,1H3,(H,23,26)/t15-,16-/m0/s1. The molecule has 0 bridgehead atoms. The number of nitrogens with one attached hydrogen (secondary N) is 2. The van der Waals surface area contributed by atoms with Crippen molar-refractivity contribution in [3.63, 3.8) is 0 Å². The maximum absolute atomic E-state index is 15.0. The van der Waals surface area contributed by atoms with Crippen LogP contribution in [0.15, 0.2) is 27.8 Å². The Morgan fingerprint density at radius 3 is 2.71 bits per heavy atom. The van der Waals surface area contributed by atoms with Crippen molar-refractivity contribution in [2.75, 3.05) is 25.6 Å². The zero-order valence-corrected chi connectivity index (χ0v) is 15.3. The summed E-state index contributed by atoms with van der Waals surface area (Å²) in [4.78, 5) is 28.1. The second kappa shape index (κ2) is 7.38. The van der Waals surface area contributed by atoms with Crippen molar-refractivity contribution in [2.45, 2.75) is 37.5 Å². The lowest BCUT2D eigenvalue weighted by Gasteiger charge is -2.31. The number of ether oxygens (including phenoxy) is 2. The second-order valence-electron chi connectivity index (χ2n) is 7.03. The molecule has 4 rings (SSSR count). The average Bonchev–Trinajstić information content (AvgIpc) is 2.70. The summed E-state index contributed by atoms with van der Waals surface area (Å²) < 4.78 is 40.8. The van der Waals surface area contributed by atoms with Crippen LogP contribution in [0.5, 0.6) is 5.75 Å². The Bertz CT molecular complexity index is 998. The molecule has 150 valence electrons. The second-order valence-corrected chi connectivity index (χ2v) is 7.03. The van der Waals surface area contributed by atoms with Gasteiger partial charge in [-0.15, -0.1) is 0 Å². The number of hydrogen-bond donors (Lipinski definition) is 2. The molecule has 1 saturated heterocycles. The van der Waals surface area contributed by atoms with Crippen LogP contribution in [0.1, 0.15) is 36.1 Å². The maximum atomic E-state index is 15.0. The zero-order chi connectivity index (χ0) is 19.8. The first-order valence-electron chi connectivity index (χ1n) is 9.19. The van der Waals surface area contributed by atoms with Crippen LogP contribution in [-0.4, -0.2) is 36.0 Å². The third-order valence-corrected chi connectivity index (χ3v) is 5.38. The van der Waals surface area contributed by atoms with Crippen LogP contribution >= 0.6 is 0 Å². The third-order valence-electron chi connectivity index (χ3n) is 5.38. The third kappa shape index (κ3) is 3.19. The van der Waals surface area contributed by atoms with Gasteiger partial charge in [0.15, 0.2) is 0 Å². The van der Waals surface area contributed by atoms with E-state index in [1.54, 1.807) is 0 Å².